The predicted molar refractivity (Wildman–Crippen MR) is 80.5 cm³/mol. The smallest absolute Gasteiger partial charge is 0.226 e. The van der Waals surface area contributed by atoms with Crippen molar-refractivity contribution in [2.75, 3.05) is 5.32 Å². The van der Waals surface area contributed by atoms with Crippen LogP contribution in [0.5, 0.6) is 0 Å². The first kappa shape index (κ1) is 13.4. The number of aromatic amines is 1. The Labute approximate surface area is 129 Å². The third kappa shape index (κ3) is 2.65. The minimum Gasteiger partial charge on any atom is -0.364 e. The van der Waals surface area contributed by atoms with Gasteiger partial charge in [0.15, 0.2) is 11.5 Å². The molecule has 0 aliphatic rings. The SMILES string of the molecule is Clc1ccc(CNc2nc(Cl)nc3nc[nH]c23)c(Cl)c1. The van der Waals surface area contributed by atoms with Crippen LogP contribution in [0.2, 0.25) is 15.3 Å². The van der Waals surface area contributed by atoms with Crippen molar-refractivity contribution in [3.8, 4) is 0 Å². The van der Waals surface area contributed by atoms with Crippen LogP contribution in [0.25, 0.3) is 11.2 Å². The standard InChI is InChI=1S/C12H8Cl3N5/c13-7-2-1-6(8(14)3-7)4-16-10-9-11(18-5-17-9)20-12(15)19-10/h1-3,5H,4H2,(H2,16,17,18,19,20). The normalized spacial score (nSPS) is 10.9. The highest BCUT2D eigenvalue weighted by Gasteiger charge is 2.09. The molecule has 102 valence electrons. The highest BCUT2D eigenvalue weighted by molar-refractivity contribution is 6.35. The summed E-state index contributed by atoms with van der Waals surface area (Å²) < 4.78 is 0. The van der Waals surface area contributed by atoms with Crippen LogP contribution in [0, 0.1) is 0 Å². The fourth-order valence-electron chi connectivity index (χ4n) is 1.78. The molecule has 0 spiro atoms. The summed E-state index contributed by atoms with van der Waals surface area (Å²) >= 11 is 17.8. The van der Waals surface area contributed by atoms with Gasteiger partial charge in [-0.05, 0) is 29.3 Å². The molecule has 3 aromatic rings. The highest BCUT2D eigenvalue weighted by Crippen LogP contribution is 2.23. The van der Waals surface area contributed by atoms with Gasteiger partial charge < -0.3 is 10.3 Å². The zero-order valence-corrected chi connectivity index (χ0v) is 12.3. The first-order valence-corrected chi connectivity index (χ1v) is 6.81. The predicted octanol–water partition coefficient (Wildman–Crippen LogP) is 3.93. The van der Waals surface area contributed by atoms with Crippen LogP contribution >= 0.6 is 34.8 Å². The van der Waals surface area contributed by atoms with E-state index in [4.69, 9.17) is 34.8 Å². The average molecular weight is 329 g/mol. The number of hydrogen-bond acceptors (Lipinski definition) is 4. The number of halogens is 3. The third-order valence-electron chi connectivity index (χ3n) is 2.72. The van der Waals surface area contributed by atoms with Gasteiger partial charge in [-0.2, -0.15) is 9.97 Å². The lowest BCUT2D eigenvalue weighted by atomic mass is 10.2. The molecule has 0 radical (unpaired) electrons. The van der Waals surface area contributed by atoms with Gasteiger partial charge in [0, 0.05) is 16.6 Å². The molecule has 0 aliphatic heterocycles. The van der Waals surface area contributed by atoms with Gasteiger partial charge >= 0.3 is 0 Å². The maximum absolute atomic E-state index is 6.12. The number of fused-ring (bicyclic) bond motifs is 1. The number of nitrogens with one attached hydrogen (secondary N) is 2. The first-order chi connectivity index (χ1) is 9.63. The molecule has 8 heteroatoms. The number of anilines is 1. The van der Waals surface area contributed by atoms with Crippen LogP contribution in [-0.4, -0.2) is 19.9 Å². The van der Waals surface area contributed by atoms with Gasteiger partial charge in [-0.1, -0.05) is 29.3 Å². The van der Waals surface area contributed by atoms with E-state index in [1.165, 1.54) is 6.33 Å². The van der Waals surface area contributed by atoms with Crippen molar-refractivity contribution in [3.05, 3.63) is 45.4 Å². The summed E-state index contributed by atoms with van der Waals surface area (Å²) in [5, 5.41) is 4.48. The van der Waals surface area contributed by atoms with Crippen molar-refractivity contribution in [1.29, 1.82) is 0 Å². The second kappa shape index (κ2) is 5.44. The summed E-state index contributed by atoms with van der Waals surface area (Å²) in [6.07, 6.45) is 1.54. The molecule has 0 saturated carbocycles. The molecule has 20 heavy (non-hydrogen) atoms. The van der Waals surface area contributed by atoms with E-state index < -0.39 is 0 Å². The Morgan fingerprint density at radius 2 is 2.00 bits per heavy atom. The lowest BCUT2D eigenvalue weighted by molar-refractivity contribution is 1.10. The van der Waals surface area contributed by atoms with E-state index in [0.29, 0.717) is 33.6 Å². The van der Waals surface area contributed by atoms with Gasteiger partial charge in [-0.25, -0.2) is 4.98 Å². The minimum atomic E-state index is 0.134. The van der Waals surface area contributed by atoms with Crippen LogP contribution in [0.3, 0.4) is 0 Å². The Hall–Kier alpha value is -1.56. The molecule has 0 bridgehead atoms. The molecule has 3 rings (SSSR count). The third-order valence-corrected chi connectivity index (χ3v) is 3.48. The van der Waals surface area contributed by atoms with Crippen molar-refractivity contribution in [1.82, 2.24) is 19.9 Å². The van der Waals surface area contributed by atoms with E-state index in [1.54, 1.807) is 12.1 Å². The second-order valence-electron chi connectivity index (χ2n) is 4.03. The van der Waals surface area contributed by atoms with Gasteiger partial charge in [0.25, 0.3) is 0 Å². The molecule has 2 N–H and O–H groups in total. The fourth-order valence-corrected chi connectivity index (χ4v) is 2.42. The number of hydrogen-bond donors (Lipinski definition) is 2. The van der Waals surface area contributed by atoms with Crippen molar-refractivity contribution in [2.24, 2.45) is 0 Å². The van der Waals surface area contributed by atoms with Crippen LogP contribution in [-0.2, 0) is 6.54 Å². The molecule has 0 saturated heterocycles. The molecule has 1 aromatic carbocycles. The van der Waals surface area contributed by atoms with Gasteiger partial charge in [-0.3, -0.25) is 0 Å². The molecule has 2 heterocycles. The van der Waals surface area contributed by atoms with Crippen LogP contribution in [0.4, 0.5) is 5.82 Å². The topological polar surface area (TPSA) is 66.5 Å². The van der Waals surface area contributed by atoms with Crippen LogP contribution in [0.15, 0.2) is 24.5 Å². The summed E-state index contributed by atoms with van der Waals surface area (Å²) in [5.41, 5.74) is 2.10. The molecule has 0 aliphatic carbocycles. The van der Waals surface area contributed by atoms with Crippen LogP contribution in [0.1, 0.15) is 5.56 Å². The Kier molecular flexibility index (Phi) is 3.65. The summed E-state index contributed by atoms with van der Waals surface area (Å²) in [5.74, 6) is 0.573. The zero-order valence-electron chi connectivity index (χ0n) is 9.99. The molecule has 0 unspecified atom stereocenters. The number of rotatable bonds is 3. The monoisotopic (exact) mass is 327 g/mol. The maximum Gasteiger partial charge on any atom is 0.226 e. The van der Waals surface area contributed by atoms with E-state index in [9.17, 15) is 0 Å². The average Bonchev–Trinajstić information content (AvgIpc) is 2.85. The van der Waals surface area contributed by atoms with E-state index in [2.05, 4.69) is 25.3 Å². The summed E-state index contributed by atoms with van der Waals surface area (Å²) in [6, 6.07) is 5.33. The van der Waals surface area contributed by atoms with E-state index in [-0.39, 0.29) is 5.28 Å². The summed E-state index contributed by atoms with van der Waals surface area (Å²) in [4.78, 5) is 15.2. The van der Waals surface area contributed by atoms with Gasteiger partial charge in [-0.15, -0.1) is 0 Å². The molecule has 0 amide bonds. The number of nitrogens with zero attached hydrogens (tertiary/aromatic N) is 3. The maximum atomic E-state index is 6.12. The Morgan fingerprint density at radius 3 is 2.80 bits per heavy atom. The molecule has 2 aromatic heterocycles. The van der Waals surface area contributed by atoms with E-state index in [0.717, 1.165) is 5.56 Å². The molecule has 5 nitrogen and oxygen atoms in total. The number of aromatic nitrogens is 4. The second-order valence-corrected chi connectivity index (χ2v) is 5.21. The Balaban J connectivity index is 1.88. The van der Waals surface area contributed by atoms with Gasteiger partial charge in [0.1, 0.15) is 5.52 Å². The molecule has 0 fully saturated rings. The van der Waals surface area contributed by atoms with E-state index >= 15 is 0 Å². The van der Waals surface area contributed by atoms with Crippen molar-refractivity contribution < 1.29 is 0 Å². The van der Waals surface area contributed by atoms with E-state index in [1.807, 2.05) is 6.07 Å². The number of imidazole rings is 1. The molecule has 0 atom stereocenters. The minimum absolute atomic E-state index is 0.134. The summed E-state index contributed by atoms with van der Waals surface area (Å²) in [7, 11) is 0. The zero-order chi connectivity index (χ0) is 14.1. The summed E-state index contributed by atoms with van der Waals surface area (Å²) in [6.45, 7) is 0.484. The molecular weight excluding hydrogens is 321 g/mol. The highest BCUT2D eigenvalue weighted by atomic mass is 35.5. The fraction of sp³-hybridized carbons (Fsp3) is 0.0833. The van der Waals surface area contributed by atoms with Crippen molar-refractivity contribution >= 4 is 51.8 Å². The Bertz CT molecular complexity index is 771. The first-order valence-electron chi connectivity index (χ1n) is 5.68. The van der Waals surface area contributed by atoms with Crippen LogP contribution < -0.4 is 5.32 Å². The number of H-pyrrole nitrogens is 1. The molecular formula is C12H8Cl3N5. The lowest BCUT2D eigenvalue weighted by Crippen LogP contribution is -2.03. The van der Waals surface area contributed by atoms with Crippen molar-refractivity contribution in [2.45, 2.75) is 6.54 Å². The lowest BCUT2D eigenvalue weighted by Gasteiger charge is -2.08. The number of benzene rings is 1. The Morgan fingerprint density at radius 1 is 1.15 bits per heavy atom. The van der Waals surface area contributed by atoms with Gasteiger partial charge in [0.2, 0.25) is 5.28 Å². The van der Waals surface area contributed by atoms with Crippen molar-refractivity contribution in [3.63, 3.8) is 0 Å². The quantitative estimate of drug-likeness (QED) is 0.715. The largest absolute Gasteiger partial charge is 0.364 e. The van der Waals surface area contributed by atoms with Gasteiger partial charge in [0.05, 0.1) is 6.33 Å².